The van der Waals surface area contributed by atoms with Crippen molar-refractivity contribution in [2.24, 2.45) is 11.7 Å². The molecule has 1 aromatic rings. The van der Waals surface area contributed by atoms with Crippen molar-refractivity contribution in [2.45, 2.75) is 33.2 Å². The molecule has 4 nitrogen and oxygen atoms in total. The molecule has 0 aliphatic rings. The molecular formula is C12H20N2O2. The highest BCUT2D eigenvalue weighted by Gasteiger charge is 2.13. The summed E-state index contributed by atoms with van der Waals surface area (Å²) in [5, 5.41) is 2.77. The molecule has 1 heterocycles. The number of nitrogens with two attached hydrogens (primary N) is 1. The van der Waals surface area contributed by atoms with Crippen molar-refractivity contribution in [1.29, 1.82) is 0 Å². The van der Waals surface area contributed by atoms with Gasteiger partial charge in [0.25, 0.3) is 5.91 Å². The van der Waals surface area contributed by atoms with Gasteiger partial charge < -0.3 is 15.5 Å². The van der Waals surface area contributed by atoms with E-state index in [2.05, 4.69) is 19.2 Å². The Hall–Kier alpha value is -1.29. The second-order valence-electron chi connectivity index (χ2n) is 4.53. The van der Waals surface area contributed by atoms with Crippen LogP contribution >= 0.6 is 0 Å². The minimum atomic E-state index is -0.193. The van der Waals surface area contributed by atoms with Crippen LogP contribution < -0.4 is 11.1 Å². The minimum absolute atomic E-state index is 0.000724. The largest absolute Gasteiger partial charge is 0.459 e. The van der Waals surface area contributed by atoms with Gasteiger partial charge in [-0.25, -0.2) is 0 Å². The van der Waals surface area contributed by atoms with Crippen LogP contribution in [0.15, 0.2) is 16.7 Å². The monoisotopic (exact) mass is 224 g/mol. The number of carbonyl (C=O) groups is 1. The SMILES string of the molecule is Cc1ccoc1C(=O)NCC(N)CC(C)C. The van der Waals surface area contributed by atoms with Crippen molar-refractivity contribution in [1.82, 2.24) is 5.32 Å². The average molecular weight is 224 g/mol. The van der Waals surface area contributed by atoms with Crippen molar-refractivity contribution < 1.29 is 9.21 Å². The molecule has 1 unspecified atom stereocenters. The highest BCUT2D eigenvalue weighted by Crippen LogP contribution is 2.08. The zero-order chi connectivity index (χ0) is 12.1. The van der Waals surface area contributed by atoms with Gasteiger partial charge in [0, 0.05) is 18.2 Å². The van der Waals surface area contributed by atoms with Crippen LogP contribution in [0.1, 0.15) is 36.4 Å². The Kier molecular flexibility index (Phi) is 4.55. The van der Waals surface area contributed by atoms with Crippen molar-refractivity contribution in [2.75, 3.05) is 6.54 Å². The van der Waals surface area contributed by atoms with E-state index in [9.17, 15) is 4.79 Å². The van der Waals surface area contributed by atoms with E-state index < -0.39 is 0 Å². The first-order valence-electron chi connectivity index (χ1n) is 5.58. The molecule has 1 atom stereocenters. The molecule has 3 N–H and O–H groups in total. The lowest BCUT2D eigenvalue weighted by molar-refractivity contribution is 0.0921. The Morgan fingerprint density at radius 1 is 1.56 bits per heavy atom. The molecule has 90 valence electrons. The smallest absolute Gasteiger partial charge is 0.287 e. The van der Waals surface area contributed by atoms with Crippen molar-refractivity contribution in [3.8, 4) is 0 Å². The molecule has 0 saturated heterocycles. The molecule has 1 rings (SSSR count). The third-order valence-corrected chi connectivity index (χ3v) is 2.37. The quantitative estimate of drug-likeness (QED) is 0.799. The van der Waals surface area contributed by atoms with Crippen LogP contribution in [0.2, 0.25) is 0 Å². The van der Waals surface area contributed by atoms with E-state index in [0.29, 0.717) is 18.2 Å². The summed E-state index contributed by atoms with van der Waals surface area (Å²) in [4.78, 5) is 11.7. The molecule has 0 saturated carbocycles. The normalized spacial score (nSPS) is 12.8. The van der Waals surface area contributed by atoms with E-state index in [1.807, 2.05) is 6.92 Å². The molecule has 1 aromatic heterocycles. The summed E-state index contributed by atoms with van der Waals surface area (Å²) < 4.78 is 5.09. The van der Waals surface area contributed by atoms with Crippen LogP contribution in [0.5, 0.6) is 0 Å². The predicted octanol–water partition coefficient (Wildman–Crippen LogP) is 1.69. The standard InChI is InChI=1S/C12H20N2O2/c1-8(2)6-10(13)7-14-12(15)11-9(3)4-5-16-11/h4-5,8,10H,6-7,13H2,1-3H3,(H,14,15). The summed E-state index contributed by atoms with van der Waals surface area (Å²) in [5.74, 6) is 0.718. The minimum Gasteiger partial charge on any atom is -0.459 e. The number of carbonyl (C=O) groups excluding carboxylic acids is 1. The zero-order valence-corrected chi connectivity index (χ0v) is 10.1. The highest BCUT2D eigenvalue weighted by atomic mass is 16.3. The van der Waals surface area contributed by atoms with Gasteiger partial charge in [-0.1, -0.05) is 13.8 Å². The number of hydrogen-bond acceptors (Lipinski definition) is 3. The van der Waals surface area contributed by atoms with Gasteiger partial charge in [-0.15, -0.1) is 0 Å². The fraction of sp³-hybridized carbons (Fsp3) is 0.583. The Balaban J connectivity index is 2.39. The molecule has 0 aliphatic carbocycles. The van der Waals surface area contributed by atoms with E-state index in [0.717, 1.165) is 12.0 Å². The van der Waals surface area contributed by atoms with Gasteiger partial charge in [0.05, 0.1) is 6.26 Å². The molecule has 0 spiro atoms. The lowest BCUT2D eigenvalue weighted by Crippen LogP contribution is -2.38. The summed E-state index contributed by atoms with van der Waals surface area (Å²) in [6.07, 6.45) is 2.41. The first-order valence-corrected chi connectivity index (χ1v) is 5.58. The molecule has 1 amide bonds. The first kappa shape index (κ1) is 12.8. The van der Waals surface area contributed by atoms with Gasteiger partial charge in [-0.3, -0.25) is 4.79 Å². The summed E-state index contributed by atoms with van der Waals surface area (Å²) in [6.45, 7) is 6.54. The topological polar surface area (TPSA) is 68.3 Å². The molecular weight excluding hydrogens is 204 g/mol. The van der Waals surface area contributed by atoms with Gasteiger partial charge in [-0.2, -0.15) is 0 Å². The maximum atomic E-state index is 11.7. The van der Waals surface area contributed by atoms with Gasteiger partial charge in [0.2, 0.25) is 0 Å². The third kappa shape index (κ3) is 3.70. The third-order valence-electron chi connectivity index (χ3n) is 2.37. The van der Waals surface area contributed by atoms with Gasteiger partial charge in [0.15, 0.2) is 5.76 Å². The lowest BCUT2D eigenvalue weighted by Gasteiger charge is -2.14. The summed E-state index contributed by atoms with van der Waals surface area (Å²) in [6, 6.07) is 1.77. The Morgan fingerprint density at radius 3 is 2.75 bits per heavy atom. The van der Waals surface area contributed by atoms with Gasteiger partial charge in [0.1, 0.15) is 0 Å². The number of rotatable bonds is 5. The second-order valence-corrected chi connectivity index (χ2v) is 4.53. The van der Waals surface area contributed by atoms with Crippen molar-refractivity contribution in [3.05, 3.63) is 23.7 Å². The average Bonchev–Trinajstić information content (AvgIpc) is 2.60. The van der Waals surface area contributed by atoms with Crippen LogP contribution in [0.4, 0.5) is 0 Å². The van der Waals surface area contributed by atoms with Crippen LogP contribution in [0.25, 0.3) is 0 Å². The van der Waals surface area contributed by atoms with Gasteiger partial charge in [-0.05, 0) is 25.3 Å². The zero-order valence-electron chi connectivity index (χ0n) is 10.1. The van der Waals surface area contributed by atoms with E-state index in [1.54, 1.807) is 6.07 Å². The Labute approximate surface area is 96.2 Å². The number of hydrogen-bond donors (Lipinski definition) is 2. The molecule has 4 heteroatoms. The van der Waals surface area contributed by atoms with E-state index >= 15 is 0 Å². The Morgan fingerprint density at radius 2 is 2.25 bits per heavy atom. The molecule has 0 aliphatic heterocycles. The highest BCUT2D eigenvalue weighted by molar-refractivity contribution is 5.92. The molecule has 0 radical (unpaired) electrons. The van der Waals surface area contributed by atoms with Crippen LogP contribution in [-0.4, -0.2) is 18.5 Å². The van der Waals surface area contributed by atoms with Gasteiger partial charge >= 0.3 is 0 Å². The van der Waals surface area contributed by atoms with Crippen LogP contribution in [0, 0.1) is 12.8 Å². The molecule has 0 aromatic carbocycles. The van der Waals surface area contributed by atoms with E-state index in [-0.39, 0.29) is 11.9 Å². The molecule has 0 bridgehead atoms. The summed E-state index contributed by atoms with van der Waals surface area (Å²) >= 11 is 0. The lowest BCUT2D eigenvalue weighted by atomic mass is 10.0. The van der Waals surface area contributed by atoms with E-state index in [4.69, 9.17) is 10.2 Å². The van der Waals surface area contributed by atoms with Crippen LogP contribution in [0.3, 0.4) is 0 Å². The van der Waals surface area contributed by atoms with Crippen molar-refractivity contribution >= 4 is 5.91 Å². The maximum absolute atomic E-state index is 11.7. The molecule has 0 fully saturated rings. The second kappa shape index (κ2) is 5.70. The number of amides is 1. The maximum Gasteiger partial charge on any atom is 0.287 e. The summed E-state index contributed by atoms with van der Waals surface area (Å²) in [7, 11) is 0. The number of nitrogens with one attached hydrogen (secondary N) is 1. The van der Waals surface area contributed by atoms with Crippen LogP contribution in [-0.2, 0) is 0 Å². The predicted molar refractivity (Wildman–Crippen MR) is 63.2 cm³/mol. The number of furan rings is 1. The van der Waals surface area contributed by atoms with E-state index in [1.165, 1.54) is 6.26 Å². The van der Waals surface area contributed by atoms with Crippen molar-refractivity contribution in [3.63, 3.8) is 0 Å². The number of aryl methyl sites for hydroxylation is 1. The fourth-order valence-corrected chi connectivity index (χ4v) is 1.60. The Bertz CT molecular complexity index is 345. The first-order chi connectivity index (χ1) is 7.50. The fourth-order valence-electron chi connectivity index (χ4n) is 1.60. The molecule has 16 heavy (non-hydrogen) atoms. The summed E-state index contributed by atoms with van der Waals surface area (Å²) in [5.41, 5.74) is 6.71.